The predicted molar refractivity (Wildman–Crippen MR) is 70.9 cm³/mol. The molecule has 1 aromatic rings. The lowest BCUT2D eigenvalue weighted by molar-refractivity contribution is 0.144. The Bertz CT molecular complexity index is 369. The number of likely N-dealkylation sites (tertiary alicyclic amines) is 1. The topological polar surface area (TPSA) is 42.2 Å². The predicted octanol–water partition coefficient (Wildman–Crippen LogP) is 2.29. The molecular weight excluding hydrogens is 234 g/mol. The van der Waals surface area contributed by atoms with Gasteiger partial charge < -0.3 is 5.73 Å². The highest BCUT2D eigenvalue weighted by molar-refractivity contribution is 6.29. The third-order valence-corrected chi connectivity index (χ3v) is 3.77. The molecule has 1 saturated heterocycles. The van der Waals surface area contributed by atoms with Crippen molar-refractivity contribution in [3.8, 4) is 0 Å². The fourth-order valence-corrected chi connectivity index (χ4v) is 2.65. The van der Waals surface area contributed by atoms with Gasteiger partial charge in [-0.3, -0.25) is 4.90 Å². The Labute approximate surface area is 108 Å². The number of hydrogen-bond donors (Lipinski definition) is 1. The molecule has 2 heterocycles. The van der Waals surface area contributed by atoms with Gasteiger partial charge in [0.25, 0.3) is 0 Å². The van der Waals surface area contributed by atoms with E-state index in [1.165, 1.54) is 0 Å². The molecule has 0 spiro atoms. The average Bonchev–Trinajstić information content (AvgIpc) is 2.32. The standard InChI is InChI=1S/C13H20ClN3/c1-2-10-8-17(7-6-12(10)15)9-11-4-3-5-13(14)16-11/h3-5,10,12H,2,6-9,15H2,1H3. The molecule has 1 aromatic heterocycles. The Morgan fingerprint density at radius 2 is 2.35 bits per heavy atom. The van der Waals surface area contributed by atoms with E-state index >= 15 is 0 Å². The number of nitrogens with two attached hydrogens (primary N) is 1. The van der Waals surface area contributed by atoms with Crippen LogP contribution in [0.1, 0.15) is 25.5 Å². The summed E-state index contributed by atoms with van der Waals surface area (Å²) in [7, 11) is 0. The van der Waals surface area contributed by atoms with Crippen molar-refractivity contribution in [2.24, 2.45) is 11.7 Å². The highest BCUT2D eigenvalue weighted by atomic mass is 35.5. The third kappa shape index (κ3) is 3.41. The first kappa shape index (κ1) is 12.8. The van der Waals surface area contributed by atoms with Crippen LogP contribution in [-0.4, -0.2) is 29.0 Å². The Morgan fingerprint density at radius 1 is 1.53 bits per heavy atom. The van der Waals surface area contributed by atoms with Crippen molar-refractivity contribution in [3.63, 3.8) is 0 Å². The molecule has 0 saturated carbocycles. The maximum atomic E-state index is 6.11. The van der Waals surface area contributed by atoms with E-state index in [1.54, 1.807) is 0 Å². The van der Waals surface area contributed by atoms with Crippen molar-refractivity contribution in [1.29, 1.82) is 0 Å². The Balaban J connectivity index is 1.95. The second kappa shape index (κ2) is 5.80. The summed E-state index contributed by atoms with van der Waals surface area (Å²) in [6.07, 6.45) is 2.24. The van der Waals surface area contributed by atoms with Crippen molar-refractivity contribution < 1.29 is 0 Å². The molecule has 3 nitrogen and oxygen atoms in total. The first-order valence-electron chi connectivity index (χ1n) is 6.28. The van der Waals surface area contributed by atoms with Gasteiger partial charge in [-0.05, 0) is 24.5 Å². The second-order valence-corrected chi connectivity index (χ2v) is 5.19. The summed E-state index contributed by atoms with van der Waals surface area (Å²) in [6, 6.07) is 6.16. The smallest absolute Gasteiger partial charge is 0.129 e. The molecule has 0 aliphatic carbocycles. The van der Waals surface area contributed by atoms with E-state index in [-0.39, 0.29) is 0 Å². The van der Waals surface area contributed by atoms with Crippen LogP contribution in [0.5, 0.6) is 0 Å². The van der Waals surface area contributed by atoms with Crippen molar-refractivity contribution in [3.05, 3.63) is 29.0 Å². The second-order valence-electron chi connectivity index (χ2n) is 4.81. The molecule has 2 rings (SSSR count). The summed E-state index contributed by atoms with van der Waals surface area (Å²) in [4.78, 5) is 6.76. The van der Waals surface area contributed by atoms with E-state index in [4.69, 9.17) is 17.3 Å². The molecule has 1 aliphatic rings. The van der Waals surface area contributed by atoms with E-state index < -0.39 is 0 Å². The zero-order valence-corrected chi connectivity index (χ0v) is 11.0. The van der Waals surface area contributed by atoms with Crippen LogP contribution in [0, 0.1) is 5.92 Å². The minimum absolute atomic E-state index is 0.364. The number of piperidine rings is 1. The minimum Gasteiger partial charge on any atom is -0.327 e. The van der Waals surface area contributed by atoms with E-state index in [2.05, 4.69) is 16.8 Å². The van der Waals surface area contributed by atoms with Crippen LogP contribution >= 0.6 is 11.6 Å². The fraction of sp³-hybridized carbons (Fsp3) is 0.615. The molecule has 4 heteroatoms. The van der Waals surface area contributed by atoms with E-state index in [9.17, 15) is 0 Å². The summed E-state index contributed by atoms with van der Waals surface area (Å²) >= 11 is 5.89. The largest absolute Gasteiger partial charge is 0.327 e. The molecule has 0 bridgehead atoms. The third-order valence-electron chi connectivity index (χ3n) is 3.56. The van der Waals surface area contributed by atoms with Crippen LogP contribution in [-0.2, 0) is 6.54 Å². The number of nitrogens with zero attached hydrogens (tertiary/aromatic N) is 2. The maximum Gasteiger partial charge on any atom is 0.129 e. The molecule has 2 unspecified atom stereocenters. The van der Waals surface area contributed by atoms with E-state index in [0.29, 0.717) is 17.1 Å². The molecular formula is C13H20ClN3. The van der Waals surface area contributed by atoms with Crippen LogP contribution in [0.2, 0.25) is 5.15 Å². The van der Waals surface area contributed by atoms with Crippen molar-refractivity contribution in [1.82, 2.24) is 9.88 Å². The van der Waals surface area contributed by atoms with Crippen LogP contribution in [0.4, 0.5) is 0 Å². The first-order chi connectivity index (χ1) is 8.19. The maximum absolute atomic E-state index is 6.11. The fourth-order valence-electron chi connectivity index (χ4n) is 2.47. The van der Waals surface area contributed by atoms with Gasteiger partial charge in [0.2, 0.25) is 0 Å². The summed E-state index contributed by atoms with van der Waals surface area (Å²) in [5.41, 5.74) is 7.15. The highest BCUT2D eigenvalue weighted by Gasteiger charge is 2.25. The summed E-state index contributed by atoms with van der Waals surface area (Å²) in [6.45, 7) is 5.23. The Morgan fingerprint density at radius 3 is 3.06 bits per heavy atom. The van der Waals surface area contributed by atoms with Crippen LogP contribution in [0.25, 0.3) is 0 Å². The Hall–Kier alpha value is -0.640. The van der Waals surface area contributed by atoms with Gasteiger partial charge in [-0.15, -0.1) is 0 Å². The van der Waals surface area contributed by atoms with Crippen LogP contribution < -0.4 is 5.73 Å². The zero-order valence-electron chi connectivity index (χ0n) is 10.3. The van der Waals surface area contributed by atoms with Gasteiger partial charge in [-0.2, -0.15) is 0 Å². The van der Waals surface area contributed by atoms with Gasteiger partial charge in [0.1, 0.15) is 5.15 Å². The van der Waals surface area contributed by atoms with Crippen molar-refractivity contribution in [2.75, 3.05) is 13.1 Å². The number of aromatic nitrogens is 1. The van der Waals surface area contributed by atoms with Gasteiger partial charge in [0, 0.05) is 25.7 Å². The molecule has 17 heavy (non-hydrogen) atoms. The van der Waals surface area contributed by atoms with E-state index in [1.807, 2.05) is 18.2 Å². The molecule has 2 N–H and O–H groups in total. The summed E-state index contributed by atoms with van der Waals surface area (Å²) in [5, 5.41) is 0.572. The number of pyridine rings is 1. The quantitative estimate of drug-likeness (QED) is 0.841. The number of hydrogen-bond acceptors (Lipinski definition) is 3. The van der Waals surface area contributed by atoms with Crippen molar-refractivity contribution in [2.45, 2.75) is 32.4 Å². The number of halogens is 1. The van der Waals surface area contributed by atoms with Crippen LogP contribution in [0.15, 0.2) is 18.2 Å². The van der Waals surface area contributed by atoms with Gasteiger partial charge in [0.05, 0.1) is 5.69 Å². The molecule has 1 aliphatic heterocycles. The monoisotopic (exact) mass is 253 g/mol. The molecule has 0 aromatic carbocycles. The van der Waals surface area contributed by atoms with Gasteiger partial charge in [0.15, 0.2) is 0 Å². The lowest BCUT2D eigenvalue weighted by atomic mass is 9.90. The molecule has 1 fully saturated rings. The van der Waals surface area contributed by atoms with Crippen LogP contribution in [0.3, 0.4) is 0 Å². The average molecular weight is 254 g/mol. The minimum atomic E-state index is 0.364. The molecule has 0 radical (unpaired) electrons. The summed E-state index contributed by atoms with van der Waals surface area (Å²) < 4.78 is 0. The molecule has 94 valence electrons. The Kier molecular flexibility index (Phi) is 4.37. The van der Waals surface area contributed by atoms with Gasteiger partial charge in [-0.1, -0.05) is 31.0 Å². The van der Waals surface area contributed by atoms with Gasteiger partial charge in [-0.25, -0.2) is 4.98 Å². The number of rotatable bonds is 3. The summed E-state index contributed by atoms with van der Waals surface area (Å²) in [5.74, 6) is 0.614. The highest BCUT2D eigenvalue weighted by Crippen LogP contribution is 2.20. The SMILES string of the molecule is CCC1CN(Cc2cccc(Cl)n2)CCC1N. The molecule has 2 atom stereocenters. The van der Waals surface area contributed by atoms with Gasteiger partial charge >= 0.3 is 0 Å². The zero-order chi connectivity index (χ0) is 12.3. The first-order valence-corrected chi connectivity index (χ1v) is 6.66. The van der Waals surface area contributed by atoms with E-state index in [0.717, 1.165) is 38.2 Å². The molecule has 0 amide bonds. The van der Waals surface area contributed by atoms with Crippen molar-refractivity contribution >= 4 is 11.6 Å². The lowest BCUT2D eigenvalue weighted by Gasteiger charge is -2.36. The lowest BCUT2D eigenvalue weighted by Crippen LogP contribution is -2.46. The normalized spacial score (nSPS) is 26.1.